The maximum Gasteiger partial charge on any atom is 0.339 e. The fourth-order valence-corrected chi connectivity index (χ4v) is 3.43. The average molecular weight is 299 g/mol. The van der Waals surface area contributed by atoms with E-state index in [-0.39, 0.29) is 5.56 Å². The molecule has 21 heavy (non-hydrogen) atoms. The zero-order valence-electron chi connectivity index (χ0n) is 11.6. The molecule has 5 heteroatoms. The highest BCUT2D eigenvalue weighted by molar-refractivity contribution is 7.22. The standard InChI is InChI=1S/C16H13NO3S/c1-17-12-9-13(10-6-4-3-5-7-10)21-15(12)11(8-14(17)18)16(19)20-2/h3-9H,1-2H3. The van der Waals surface area contributed by atoms with Crippen molar-refractivity contribution in [1.29, 1.82) is 0 Å². The van der Waals surface area contributed by atoms with Crippen LogP contribution in [0.25, 0.3) is 20.7 Å². The number of esters is 1. The fraction of sp³-hybridized carbons (Fsp3) is 0.125. The summed E-state index contributed by atoms with van der Waals surface area (Å²) < 4.78 is 7.09. The largest absolute Gasteiger partial charge is 0.465 e. The van der Waals surface area contributed by atoms with Gasteiger partial charge in [0, 0.05) is 18.0 Å². The monoisotopic (exact) mass is 299 g/mol. The molecule has 0 radical (unpaired) electrons. The molecule has 0 amide bonds. The number of fused-ring (bicyclic) bond motifs is 1. The van der Waals surface area contributed by atoms with E-state index in [9.17, 15) is 9.59 Å². The van der Waals surface area contributed by atoms with E-state index in [2.05, 4.69) is 0 Å². The fourth-order valence-electron chi connectivity index (χ4n) is 2.23. The third-order valence-electron chi connectivity index (χ3n) is 3.38. The Morgan fingerprint density at radius 1 is 1.19 bits per heavy atom. The molecule has 0 aliphatic rings. The summed E-state index contributed by atoms with van der Waals surface area (Å²) in [4.78, 5) is 24.9. The summed E-state index contributed by atoms with van der Waals surface area (Å²) in [5, 5.41) is 0. The van der Waals surface area contributed by atoms with Crippen LogP contribution in [0.1, 0.15) is 10.4 Å². The number of carbonyl (C=O) groups excluding carboxylic acids is 1. The number of ether oxygens (including phenoxy) is 1. The van der Waals surface area contributed by atoms with Gasteiger partial charge in [0.25, 0.3) is 5.56 Å². The lowest BCUT2D eigenvalue weighted by Crippen LogP contribution is -2.18. The topological polar surface area (TPSA) is 48.3 Å². The molecule has 0 unspecified atom stereocenters. The number of pyridine rings is 1. The van der Waals surface area contributed by atoms with Crippen molar-refractivity contribution in [1.82, 2.24) is 4.57 Å². The van der Waals surface area contributed by atoms with Crippen LogP contribution in [0.15, 0.2) is 47.3 Å². The quantitative estimate of drug-likeness (QED) is 0.683. The van der Waals surface area contributed by atoms with Gasteiger partial charge in [0.15, 0.2) is 0 Å². The van der Waals surface area contributed by atoms with Gasteiger partial charge in [-0.2, -0.15) is 0 Å². The molecule has 0 bridgehead atoms. The van der Waals surface area contributed by atoms with Crippen LogP contribution in [0.4, 0.5) is 0 Å². The number of hydrogen-bond acceptors (Lipinski definition) is 4. The number of benzene rings is 1. The van der Waals surface area contributed by atoms with Gasteiger partial charge in [0.05, 0.1) is 22.9 Å². The van der Waals surface area contributed by atoms with Crippen LogP contribution in [0, 0.1) is 0 Å². The van der Waals surface area contributed by atoms with E-state index in [1.807, 2.05) is 36.4 Å². The molecule has 106 valence electrons. The van der Waals surface area contributed by atoms with Crippen LogP contribution in [0.3, 0.4) is 0 Å². The molecule has 1 aromatic carbocycles. The zero-order chi connectivity index (χ0) is 15.0. The number of thiophene rings is 1. The van der Waals surface area contributed by atoms with Crippen molar-refractivity contribution in [2.75, 3.05) is 7.11 Å². The first-order valence-electron chi connectivity index (χ1n) is 6.39. The number of rotatable bonds is 2. The molecule has 2 heterocycles. The Balaban J connectivity index is 2.32. The second-order valence-corrected chi connectivity index (χ2v) is 5.69. The van der Waals surface area contributed by atoms with Gasteiger partial charge in [-0.15, -0.1) is 11.3 Å². The summed E-state index contributed by atoms with van der Waals surface area (Å²) in [6.07, 6.45) is 0. The maximum atomic E-state index is 12.0. The molecule has 0 saturated heterocycles. The molecule has 0 aliphatic carbocycles. The Bertz CT molecular complexity index is 878. The minimum absolute atomic E-state index is 0.222. The predicted molar refractivity (Wildman–Crippen MR) is 83.8 cm³/mol. The molecular formula is C16H13NO3S. The number of methoxy groups -OCH3 is 1. The average Bonchev–Trinajstić information content (AvgIpc) is 2.96. The van der Waals surface area contributed by atoms with Crippen molar-refractivity contribution in [2.45, 2.75) is 0 Å². The zero-order valence-corrected chi connectivity index (χ0v) is 12.4. The van der Waals surface area contributed by atoms with Crippen molar-refractivity contribution >= 4 is 27.5 Å². The first-order valence-corrected chi connectivity index (χ1v) is 7.21. The Morgan fingerprint density at radius 2 is 1.90 bits per heavy atom. The van der Waals surface area contributed by atoms with E-state index in [1.54, 1.807) is 11.6 Å². The van der Waals surface area contributed by atoms with E-state index in [0.29, 0.717) is 5.56 Å². The SMILES string of the molecule is COC(=O)c1cc(=O)n(C)c2cc(-c3ccccc3)sc12. The van der Waals surface area contributed by atoms with Crippen LogP contribution in [-0.4, -0.2) is 17.6 Å². The molecule has 3 aromatic rings. The van der Waals surface area contributed by atoms with Gasteiger partial charge >= 0.3 is 5.97 Å². The van der Waals surface area contributed by atoms with E-state index in [4.69, 9.17) is 4.74 Å². The molecule has 4 nitrogen and oxygen atoms in total. The molecular weight excluding hydrogens is 286 g/mol. The lowest BCUT2D eigenvalue weighted by atomic mass is 10.2. The highest BCUT2D eigenvalue weighted by atomic mass is 32.1. The van der Waals surface area contributed by atoms with Gasteiger partial charge < -0.3 is 9.30 Å². The van der Waals surface area contributed by atoms with Crippen LogP contribution in [0.2, 0.25) is 0 Å². The number of hydrogen-bond donors (Lipinski definition) is 0. The number of aryl methyl sites for hydroxylation is 1. The maximum absolute atomic E-state index is 12.0. The minimum atomic E-state index is -0.487. The lowest BCUT2D eigenvalue weighted by Gasteiger charge is -2.03. The van der Waals surface area contributed by atoms with Crippen molar-refractivity contribution in [3.8, 4) is 10.4 Å². The van der Waals surface area contributed by atoms with Gasteiger partial charge in [-0.3, -0.25) is 4.79 Å². The predicted octanol–water partition coefficient (Wildman–Crippen LogP) is 3.05. The van der Waals surface area contributed by atoms with Crippen LogP contribution >= 0.6 is 11.3 Å². The third-order valence-corrected chi connectivity index (χ3v) is 4.59. The molecule has 0 fully saturated rings. The molecule has 2 aromatic heterocycles. The molecule has 0 atom stereocenters. The third kappa shape index (κ3) is 2.25. The molecule has 0 saturated carbocycles. The van der Waals surface area contributed by atoms with E-state index >= 15 is 0 Å². The van der Waals surface area contributed by atoms with Gasteiger partial charge in [0.1, 0.15) is 0 Å². The van der Waals surface area contributed by atoms with Crippen LogP contribution < -0.4 is 5.56 Å². The van der Waals surface area contributed by atoms with Gasteiger partial charge in [-0.1, -0.05) is 30.3 Å². The Morgan fingerprint density at radius 3 is 2.57 bits per heavy atom. The van der Waals surface area contributed by atoms with Crippen molar-refractivity contribution < 1.29 is 9.53 Å². The van der Waals surface area contributed by atoms with E-state index < -0.39 is 5.97 Å². The summed E-state index contributed by atoms with van der Waals surface area (Å²) >= 11 is 1.48. The number of carbonyl (C=O) groups is 1. The summed E-state index contributed by atoms with van der Waals surface area (Å²) in [5.41, 5.74) is 1.90. The first-order chi connectivity index (χ1) is 10.1. The highest BCUT2D eigenvalue weighted by Gasteiger charge is 2.17. The van der Waals surface area contributed by atoms with Crippen molar-refractivity contribution in [3.05, 3.63) is 58.4 Å². The Kier molecular flexibility index (Phi) is 3.35. The number of aromatic nitrogens is 1. The molecule has 0 aliphatic heterocycles. The van der Waals surface area contributed by atoms with Gasteiger partial charge in [0.2, 0.25) is 0 Å². The first kappa shape index (κ1) is 13.6. The van der Waals surface area contributed by atoms with Crippen molar-refractivity contribution in [2.24, 2.45) is 7.05 Å². The Hall–Kier alpha value is -2.40. The minimum Gasteiger partial charge on any atom is -0.465 e. The van der Waals surface area contributed by atoms with Gasteiger partial charge in [-0.25, -0.2) is 4.79 Å². The second-order valence-electron chi connectivity index (χ2n) is 4.64. The summed E-state index contributed by atoms with van der Waals surface area (Å²) in [7, 11) is 3.02. The Labute approximate surface area is 125 Å². The molecule has 0 N–H and O–H groups in total. The van der Waals surface area contributed by atoms with Crippen LogP contribution in [-0.2, 0) is 11.8 Å². The lowest BCUT2D eigenvalue weighted by molar-refractivity contribution is 0.0603. The highest BCUT2D eigenvalue weighted by Crippen LogP contribution is 2.34. The molecule has 0 spiro atoms. The normalized spacial score (nSPS) is 10.8. The van der Waals surface area contributed by atoms with Crippen LogP contribution in [0.5, 0.6) is 0 Å². The van der Waals surface area contributed by atoms with Crippen molar-refractivity contribution in [3.63, 3.8) is 0 Å². The smallest absolute Gasteiger partial charge is 0.339 e. The van der Waals surface area contributed by atoms with E-state index in [1.165, 1.54) is 24.5 Å². The second kappa shape index (κ2) is 5.18. The summed E-state index contributed by atoms with van der Waals surface area (Å²) in [6, 6.07) is 13.1. The summed E-state index contributed by atoms with van der Waals surface area (Å²) in [5.74, 6) is -0.487. The van der Waals surface area contributed by atoms with E-state index in [0.717, 1.165) is 20.7 Å². The summed E-state index contributed by atoms with van der Waals surface area (Å²) in [6.45, 7) is 0. The number of nitrogens with zero attached hydrogens (tertiary/aromatic N) is 1. The molecule has 3 rings (SSSR count). The van der Waals surface area contributed by atoms with Gasteiger partial charge in [-0.05, 0) is 11.6 Å².